The van der Waals surface area contributed by atoms with Crippen LogP contribution in [0, 0.1) is 4.64 Å². The maximum absolute atomic E-state index is 9.10. The number of nitrogens with two attached hydrogens (primary N) is 2. The van der Waals surface area contributed by atoms with E-state index in [4.69, 9.17) is 32.3 Å². The molecule has 2 heterocycles. The van der Waals surface area contributed by atoms with Crippen molar-refractivity contribution in [2.45, 2.75) is 0 Å². The number of fused-ring (bicyclic) bond motifs is 1. The summed E-state index contributed by atoms with van der Waals surface area (Å²) in [5.41, 5.74) is 10.7. The highest BCUT2D eigenvalue weighted by Gasteiger charge is 1.99. The molecule has 96 valence electrons. The first kappa shape index (κ1) is 16.0. The summed E-state index contributed by atoms with van der Waals surface area (Å²) in [5, 5.41) is 0. The van der Waals surface area contributed by atoms with Crippen molar-refractivity contribution in [3.05, 3.63) is 11.0 Å². The van der Waals surface area contributed by atoms with E-state index in [2.05, 4.69) is 25.4 Å². The van der Waals surface area contributed by atoms with Crippen LogP contribution in [0.4, 0.5) is 5.95 Å². The molecule has 0 spiro atoms. The van der Waals surface area contributed by atoms with E-state index >= 15 is 0 Å². The van der Waals surface area contributed by atoms with Crippen LogP contribution in [-0.4, -0.2) is 29.7 Å². The average Bonchev–Trinajstić information content (AvgIpc) is 2.47. The van der Waals surface area contributed by atoms with E-state index in [1.165, 1.54) is 6.33 Å². The van der Waals surface area contributed by atoms with Crippen LogP contribution in [0.3, 0.4) is 0 Å². The molecule has 12 heteroatoms. The van der Waals surface area contributed by atoms with Crippen molar-refractivity contribution in [1.29, 1.82) is 0 Å². The molecule has 0 amide bonds. The number of nitrogens with zero attached hydrogens (tertiary/aromatic N) is 2. The van der Waals surface area contributed by atoms with Gasteiger partial charge in [0.1, 0.15) is 10.2 Å². The Labute approximate surface area is 107 Å². The number of aromatic amines is 2. The first-order valence-corrected chi connectivity index (χ1v) is 5.89. The van der Waals surface area contributed by atoms with Crippen LogP contribution >= 0.6 is 33.5 Å². The van der Waals surface area contributed by atoms with E-state index in [0.29, 0.717) is 15.8 Å². The van der Waals surface area contributed by atoms with Crippen molar-refractivity contribution in [2.75, 3.05) is 5.73 Å². The molecular weight excluding hydrogens is 287 g/mol. The summed E-state index contributed by atoms with van der Waals surface area (Å²) in [6.07, 6.45) is 1.53. The highest BCUT2D eigenvalue weighted by molar-refractivity contribution is 7.71. The zero-order valence-corrected chi connectivity index (χ0v) is 11.0. The van der Waals surface area contributed by atoms with E-state index in [1.54, 1.807) is 0 Å². The minimum Gasteiger partial charge on any atom is -0.369 e. The number of hydrogen-bond donors (Lipinski definition) is 6. The number of aromatic nitrogens is 4. The number of rotatable bonds is 0. The molecule has 0 aliphatic heterocycles. The van der Waals surface area contributed by atoms with Crippen LogP contribution < -0.4 is 11.2 Å². The number of imidazole rings is 1. The summed E-state index contributed by atoms with van der Waals surface area (Å²) in [5.74, 6) is 0.287. The van der Waals surface area contributed by atoms with Crippen molar-refractivity contribution in [2.24, 2.45) is 5.50 Å². The lowest BCUT2D eigenvalue weighted by Gasteiger charge is -1.91. The first-order valence-electron chi connectivity index (χ1n) is 3.80. The first-order chi connectivity index (χ1) is 7.27. The topological polar surface area (TPSA) is 167 Å². The lowest BCUT2D eigenvalue weighted by molar-refractivity contribution is 0.374. The van der Waals surface area contributed by atoms with Gasteiger partial charge in [-0.3, -0.25) is 0 Å². The monoisotopic (exact) mass is 298 g/mol. The molecule has 0 aliphatic carbocycles. The van der Waals surface area contributed by atoms with Crippen molar-refractivity contribution >= 4 is 50.6 Å². The number of nitrogens with one attached hydrogen (secondary N) is 2. The second-order valence-corrected chi connectivity index (χ2v) is 4.23. The highest BCUT2D eigenvalue weighted by atomic mass is 32.1. The van der Waals surface area contributed by atoms with Gasteiger partial charge in [0, 0.05) is 0 Å². The van der Waals surface area contributed by atoms with Crippen molar-refractivity contribution in [3.63, 3.8) is 0 Å². The lowest BCUT2D eigenvalue weighted by atomic mass is 10.6. The third-order valence-corrected chi connectivity index (χ3v) is 1.62. The van der Waals surface area contributed by atoms with Crippen LogP contribution in [0.15, 0.2) is 6.33 Å². The van der Waals surface area contributed by atoms with Crippen molar-refractivity contribution in [3.8, 4) is 0 Å². The maximum atomic E-state index is 9.10. The Kier molecular flexibility index (Phi) is 5.75. The van der Waals surface area contributed by atoms with Gasteiger partial charge in [-0.1, -0.05) is 12.2 Å². The molecule has 0 aromatic carbocycles. The zero-order valence-electron chi connectivity index (χ0n) is 8.28. The molecule has 0 bridgehead atoms. The van der Waals surface area contributed by atoms with E-state index in [0.717, 1.165) is 0 Å². The van der Waals surface area contributed by atoms with Gasteiger partial charge in [-0.2, -0.15) is 18.5 Å². The number of H-pyrrole nitrogens is 2. The van der Waals surface area contributed by atoms with Crippen LogP contribution in [0.2, 0.25) is 0 Å². The number of nitrogen functional groups attached to an aromatic ring is 1. The summed E-state index contributed by atoms with van der Waals surface area (Å²) in [6, 6.07) is 0. The largest absolute Gasteiger partial charge is 0.397 e. The predicted octanol–water partition coefficient (Wildman–Crippen LogP) is -0.252. The zero-order chi connectivity index (χ0) is 12.3. The molecule has 0 saturated carbocycles. The van der Waals surface area contributed by atoms with E-state index < -0.39 is 7.75 Å². The Morgan fingerprint density at radius 3 is 2.53 bits per heavy atom. The SMILES string of the molecule is NP(=O)(O)O.Nc1nc2nc[nH]c2c(=S)[nH]1.S. The molecule has 0 aliphatic rings. The summed E-state index contributed by atoms with van der Waals surface area (Å²) < 4.78 is 9.64. The Balaban J connectivity index is 0.000000373. The minimum atomic E-state index is -4.14. The van der Waals surface area contributed by atoms with Gasteiger partial charge in [0.15, 0.2) is 5.65 Å². The fourth-order valence-electron chi connectivity index (χ4n) is 0.860. The normalized spacial score (nSPS) is 10.3. The summed E-state index contributed by atoms with van der Waals surface area (Å²) in [7, 11) is -4.14. The standard InChI is InChI=1S/C5H5N5S.H4NO3P.H2S/c6-5-9-3-2(4(11)10-5)7-1-8-3;1-5(2,3)4;/h1H,(H4,6,7,8,9,10,11);(H4,1,2,3,4);1H2. The molecule has 2 rings (SSSR count). The molecule has 2 aromatic heterocycles. The third kappa shape index (κ3) is 5.77. The number of anilines is 1. The van der Waals surface area contributed by atoms with Crippen LogP contribution in [0.5, 0.6) is 0 Å². The Hall–Kier alpha value is -0.970. The molecular formula is C5H11N6O3PS2. The minimum absolute atomic E-state index is 0. The lowest BCUT2D eigenvalue weighted by Crippen LogP contribution is -1.94. The van der Waals surface area contributed by atoms with Crippen LogP contribution in [0.25, 0.3) is 11.2 Å². The summed E-state index contributed by atoms with van der Waals surface area (Å²) in [4.78, 5) is 28.2. The van der Waals surface area contributed by atoms with Gasteiger partial charge in [-0.25, -0.2) is 15.1 Å². The maximum Gasteiger partial charge on any atom is 0.397 e. The smallest absolute Gasteiger partial charge is 0.369 e. The summed E-state index contributed by atoms with van der Waals surface area (Å²) in [6.45, 7) is 0. The molecule has 0 saturated heterocycles. The fraction of sp³-hybridized carbons (Fsp3) is 0. The van der Waals surface area contributed by atoms with Gasteiger partial charge < -0.3 is 25.5 Å². The molecule has 0 fully saturated rings. The quantitative estimate of drug-likeness (QED) is 0.286. The fourth-order valence-corrected chi connectivity index (χ4v) is 1.11. The van der Waals surface area contributed by atoms with E-state index in [1.807, 2.05) is 0 Å². The Morgan fingerprint density at radius 1 is 1.47 bits per heavy atom. The molecule has 2 aromatic rings. The molecule has 0 unspecified atom stereocenters. The van der Waals surface area contributed by atoms with Gasteiger partial charge in [-0.15, -0.1) is 0 Å². The van der Waals surface area contributed by atoms with Crippen molar-refractivity contribution in [1.82, 2.24) is 19.9 Å². The van der Waals surface area contributed by atoms with Gasteiger partial charge in [0.25, 0.3) is 0 Å². The molecule has 17 heavy (non-hydrogen) atoms. The van der Waals surface area contributed by atoms with Gasteiger partial charge in [-0.05, 0) is 0 Å². The van der Waals surface area contributed by atoms with Crippen LogP contribution in [0.1, 0.15) is 0 Å². The Bertz CT molecular complexity index is 582. The van der Waals surface area contributed by atoms with Crippen LogP contribution in [-0.2, 0) is 4.57 Å². The molecule has 8 N–H and O–H groups in total. The van der Waals surface area contributed by atoms with Gasteiger partial charge >= 0.3 is 7.75 Å². The average molecular weight is 298 g/mol. The number of hydrogen-bond acceptors (Lipinski definition) is 5. The van der Waals surface area contributed by atoms with E-state index in [-0.39, 0.29) is 19.4 Å². The van der Waals surface area contributed by atoms with E-state index in [9.17, 15) is 0 Å². The molecule has 0 atom stereocenters. The van der Waals surface area contributed by atoms with Gasteiger partial charge in [0.2, 0.25) is 5.95 Å². The molecule has 9 nitrogen and oxygen atoms in total. The van der Waals surface area contributed by atoms with Crippen molar-refractivity contribution < 1.29 is 14.4 Å². The molecule has 0 radical (unpaired) electrons. The predicted molar refractivity (Wildman–Crippen MR) is 70.1 cm³/mol. The Morgan fingerprint density at radius 2 is 2.00 bits per heavy atom. The van der Waals surface area contributed by atoms with Gasteiger partial charge in [0.05, 0.1) is 6.33 Å². The summed E-state index contributed by atoms with van der Waals surface area (Å²) >= 11 is 4.95. The third-order valence-electron chi connectivity index (χ3n) is 1.31. The highest BCUT2D eigenvalue weighted by Crippen LogP contribution is 2.20. The second-order valence-electron chi connectivity index (χ2n) is 2.64. The second kappa shape index (κ2) is 6.10.